The Kier molecular flexibility index (Phi) is 5.58. The van der Waals surface area contributed by atoms with Gasteiger partial charge in [-0.1, -0.05) is 25.1 Å². The second-order valence-electron chi connectivity index (χ2n) is 6.45. The van der Waals surface area contributed by atoms with Gasteiger partial charge in [0.1, 0.15) is 11.6 Å². The van der Waals surface area contributed by atoms with Gasteiger partial charge in [-0.2, -0.15) is 9.78 Å². The third-order valence-corrected chi connectivity index (χ3v) is 4.27. The second kappa shape index (κ2) is 8.08. The molecule has 0 aliphatic rings. The van der Waals surface area contributed by atoms with Crippen molar-refractivity contribution in [1.29, 1.82) is 0 Å². The van der Waals surface area contributed by atoms with E-state index in [0.29, 0.717) is 34.9 Å². The molecular weight excluding hydrogens is 358 g/mol. The fourth-order valence-corrected chi connectivity index (χ4v) is 2.85. The minimum Gasteiger partial charge on any atom is -0.481 e. The summed E-state index contributed by atoms with van der Waals surface area (Å²) in [5.74, 6) is 0.915. The maximum atomic E-state index is 12.6. The lowest BCUT2D eigenvalue weighted by Gasteiger charge is -2.15. The van der Waals surface area contributed by atoms with Crippen molar-refractivity contribution in [2.45, 2.75) is 40.2 Å². The number of hydrogen-bond acceptors (Lipinski definition) is 5. The van der Waals surface area contributed by atoms with E-state index in [1.165, 1.54) is 4.68 Å². The standard InChI is InChI=1S/C20H23N5O3/c1-5-16-13(3)21-20(23-19(16)27)25-17(11-12(2)24-25)22-18(26)14(4)28-15-9-7-6-8-10-15/h6-11,14H,5H2,1-4H3,(H,22,26)(H,21,23,27)/t14-/m0/s1. The first-order valence-corrected chi connectivity index (χ1v) is 9.08. The smallest absolute Gasteiger partial charge is 0.266 e. The Morgan fingerprint density at radius 1 is 1.29 bits per heavy atom. The molecule has 2 aromatic heterocycles. The molecule has 2 heterocycles. The maximum Gasteiger partial charge on any atom is 0.266 e. The lowest BCUT2D eigenvalue weighted by atomic mass is 10.2. The monoisotopic (exact) mass is 381 g/mol. The van der Waals surface area contributed by atoms with Gasteiger partial charge in [0.15, 0.2) is 6.10 Å². The summed E-state index contributed by atoms with van der Waals surface area (Å²) in [6, 6.07) is 10.8. The molecule has 0 saturated heterocycles. The molecule has 3 rings (SSSR count). The van der Waals surface area contributed by atoms with Crippen molar-refractivity contribution in [3.05, 3.63) is 63.7 Å². The minimum absolute atomic E-state index is 0.212. The number of hydrogen-bond donors (Lipinski definition) is 2. The average molecular weight is 381 g/mol. The Morgan fingerprint density at radius 2 is 2.00 bits per heavy atom. The van der Waals surface area contributed by atoms with Gasteiger partial charge in [-0.3, -0.25) is 14.6 Å². The number of aromatic amines is 1. The predicted molar refractivity (Wildman–Crippen MR) is 106 cm³/mol. The molecule has 0 unspecified atom stereocenters. The zero-order chi connectivity index (χ0) is 20.3. The highest BCUT2D eigenvalue weighted by molar-refractivity contribution is 5.93. The minimum atomic E-state index is -0.720. The highest BCUT2D eigenvalue weighted by Crippen LogP contribution is 2.16. The van der Waals surface area contributed by atoms with Gasteiger partial charge < -0.3 is 10.1 Å². The summed E-state index contributed by atoms with van der Waals surface area (Å²) in [5.41, 5.74) is 1.72. The number of benzene rings is 1. The Bertz CT molecular complexity index is 1040. The molecule has 3 aromatic rings. The number of carbonyl (C=O) groups is 1. The van der Waals surface area contributed by atoms with E-state index in [0.717, 1.165) is 0 Å². The van der Waals surface area contributed by atoms with Crippen LogP contribution in [0.2, 0.25) is 0 Å². The summed E-state index contributed by atoms with van der Waals surface area (Å²) in [5, 5.41) is 7.14. The normalized spacial score (nSPS) is 11.9. The van der Waals surface area contributed by atoms with Gasteiger partial charge >= 0.3 is 0 Å². The summed E-state index contributed by atoms with van der Waals surface area (Å²) in [7, 11) is 0. The van der Waals surface area contributed by atoms with Gasteiger partial charge in [0, 0.05) is 17.3 Å². The summed E-state index contributed by atoms with van der Waals surface area (Å²) in [4.78, 5) is 32.0. The highest BCUT2D eigenvalue weighted by atomic mass is 16.5. The lowest BCUT2D eigenvalue weighted by Crippen LogP contribution is -2.31. The average Bonchev–Trinajstić information content (AvgIpc) is 3.02. The van der Waals surface area contributed by atoms with Crippen LogP contribution < -0.4 is 15.6 Å². The van der Waals surface area contributed by atoms with Crippen molar-refractivity contribution in [2.24, 2.45) is 0 Å². The lowest BCUT2D eigenvalue weighted by molar-refractivity contribution is -0.122. The van der Waals surface area contributed by atoms with E-state index in [1.54, 1.807) is 39.0 Å². The van der Waals surface area contributed by atoms with Gasteiger partial charge in [-0.15, -0.1) is 0 Å². The Balaban J connectivity index is 1.84. The predicted octanol–water partition coefficient (Wildman–Crippen LogP) is 2.54. The highest BCUT2D eigenvalue weighted by Gasteiger charge is 2.19. The van der Waals surface area contributed by atoms with Crippen LogP contribution in [0.4, 0.5) is 5.82 Å². The molecule has 1 amide bonds. The number of anilines is 1. The van der Waals surface area contributed by atoms with Gasteiger partial charge in [-0.05, 0) is 39.3 Å². The molecular formula is C20H23N5O3. The first-order valence-electron chi connectivity index (χ1n) is 9.08. The fraction of sp³-hybridized carbons (Fsp3) is 0.300. The van der Waals surface area contributed by atoms with Crippen LogP contribution in [0.15, 0.2) is 41.2 Å². The maximum absolute atomic E-state index is 12.6. The molecule has 8 heteroatoms. The van der Waals surface area contributed by atoms with Crippen LogP contribution in [0.1, 0.15) is 30.8 Å². The number of amides is 1. The van der Waals surface area contributed by atoms with E-state index in [9.17, 15) is 9.59 Å². The Labute approximate surface area is 162 Å². The van der Waals surface area contributed by atoms with Crippen LogP contribution in [0.25, 0.3) is 5.95 Å². The number of nitrogens with one attached hydrogen (secondary N) is 2. The van der Waals surface area contributed by atoms with E-state index >= 15 is 0 Å². The van der Waals surface area contributed by atoms with Crippen molar-refractivity contribution in [2.75, 3.05) is 5.32 Å². The molecule has 8 nitrogen and oxygen atoms in total. The van der Waals surface area contributed by atoms with Crippen LogP contribution in [-0.2, 0) is 11.2 Å². The molecule has 1 aromatic carbocycles. The summed E-state index contributed by atoms with van der Waals surface area (Å²) in [6.07, 6.45) is -0.132. The third-order valence-electron chi connectivity index (χ3n) is 4.27. The van der Waals surface area contributed by atoms with Gasteiger partial charge in [0.2, 0.25) is 5.95 Å². The third kappa shape index (κ3) is 4.11. The van der Waals surface area contributed by atoms with Crippen LogP contribution in [0.5, 0.6) is 5.75 Å². The van der Waals surface area contributed by atoms with Crippen LogP contribution in [0.3, 0.4) is 0 Å². The Hall–Kier alpha value is -3.42. The second-order valence-corrected chi connectivity index (χ2v) is 6.45. The van der Waals surface area contributed by atoms with Crippen molar-refractivity contribution in [3.8, 4) is 11.7 Å². The summed E-state index contributed by atoms with van der Waals surface area (Å²) < 4.78 is 7.07. The van der Waals surface area contributed by atoms with Crippen LogP contribution >= 0.6 is 0 Å². The van der Waals surface area contributed by atoms with E-state index in [4.69, 9.17) is 4.74 Å². The van der Waals surface area contributed by atoms with Gasteiger partial charge in [0.25, 0.3) is 11.5 Å². The number of ether oxygens (including phenoxy) is 1. The SMILES string of the molecule is CCc1c(C)nc(-n2nc(C)cc2NC(=O)[C@H](C)Oc2ccccc2)[nH]c1=O. The van der Waals surface area contributed by atoms with Crippen molar-refractivity contribution >= 4 is 11.7 Å². The largest absolute Gasteiger partial charge is 0.481 e. The number of carbonyl (C=O) groups excluding carboxylic acids is 1. The number of para-hydroxylation sites is 1. The number of aryl methyl sites for hydroxylation is 2. The van der Waals surface area contributed by atoms with Crippen LogP contribution in [0, 0.1) is 13.8 Å². The first-order chi connectivity index (χ1) is 13.4. The molecule has 0 saturated carbocycles. The van der Waals surface area contributed by atoms with E-state index in [2.05, 4.69) is 20.4 Å². The molecule has 0 radical (unpaired) electrons. The molecule has 2 N–H and O–H groups in total. The van der Waals surface area contributed by atoms with E-state index < -0.39 is 6.10 Å². The molecule has 28 heavy (non-hydrogen) atoms. The quantitative estimate of drug-likeness (QED) is 0.683. The molecule has 1 atom stereocenters. The van der Waals surface area contributed by atoms with Crippen molar-refractivity contribution < 1.29 is 9.53 Å². The molecule has 0 aliphatic heterocycles. The van der Waals surface area contributed by atoms with Gasteiger partial charge in [-0.25, -0.2) is 4.98 Å². The fourth-order valence-electron chi connectivity index (χ4n) is 2.85. The zero-order valence-electron chi connectivity index (χ0n) is 16.3. The Morgan fingerprint density at radius 3 is 2.64 bits per heavy atom. The molecule has 0 bridgehead atoms. The van der Waals surface area contributed by atoms with Crippen LogP contribution in [-0.4, -0.2) is 31.8 Å². The number of nitrogens with zero attached hydrogens (tertiary/aromatic N) is 3. The summed E-state index contributed by atoms with van der Waals surface area (Å²) in [6.45, 7) is 7.14. The molecule has 146 valence electrons. The topological polar surface area (TPSA) is 102 Å². The molecule has 0 spiro atoms. The summed E-state index contributed by atoms with van der Waals surface area (Å²) >= 11 is 0. The molecule has 0 aliphatic carbocycles. The zero-order valence-corrected chi connectivity index (χ0v) is 16.3. The van der Waals surface area contributed by atoms with Crippen molar-refractivity contribution in [3.63, 3.8) is 0 Å². The number of aromatic nitrogens is 4. The number of H-pyrrole nitrogens is 1. The van der Waals surface area contributed by atoms with Gasteiger partial charge in [0.05, 0.1) is 5.69 Å². The van der Waals surface area contributed by atoms with Crippen molar-refractivity contribution in [1.82, 2.24) is 19.7 Å². The molecule has 0 fully saturated rings. The first kappa shape index (κ1) is 19.3. The number of rotatable bonds is 6. The van der Waals surface area contributed by atoms with E-state index in [-0.39, 0.29) is 17.4 Å². The van der Waals surface area contributed by atoms with E-state index in [1.807, 2.05) is 25.1 Å².